The van der Waals surface area contributed by atoms with E-state index in [-0.39, 0.29) is 11.9 Å². The summed E-state index contributed by atoms with van der Waals surface area (Å²) in [6, 6.07) is 1.61. The zero-order valence-electron chi connectivity index (χ0n) is 12.0. The van der Waals surface area contributed by atoms with Crippen LogP contribution in [0.1, 0.15) is 37.8 Å². The maximum atomic E-state index is 13.0. The number of hydrogen-bond donors (Lipinski definition) is 1. The molecule has 2 atom stereocenters. The molecule has 0 aliphatic carbocycles. The van der Waals surface area contributed by atoms with Crippen molar-refractivity contribution in [3.05, 3.63) is 29.8 Å². The van der Waals surface area contributed by atoms with E-state index in [4.69, 9.17) is 9.47 Å². The molecule has 2 rings (SSSR count). The molecular formula is C15H23FN2O2. The Labute approximate surface area is 119 Å². The van der Waals surface area contributed by atoms with Crippen molar-refractivity contribution >= 4 is 0 Å². The van der Waals surface area contributed by atoms with Gasteiger partial charge in [0.2, 0.25) is 0 Å². The first kappa shape index (κ1) is 15.4. The van der Waals surface area contributed by atoms with Crippen molar-refractivity contribution in [2.24, 2.45) is 0 Å². The van der Waals surface area contributed by atoms with Gasteiger partial charge in [0.05, 0.1) is 18.9 Å². The molecule has 2 unspecified atom stereocenters. The van der Waals surface area contributed by atoms with Crippen LogP contribution in [0.4, 0.5) is 4.39 Å². The van der Waals surface area contributed by atoms with Crippen molar-refractivity contribution in [2.75, 3.05) is 26.4 Å². The maximum absolute atomic E-state index is 13.0. The summed E-state index contributed by atoms with van der Waals surface area (Å²) in [6.07, 6.45) is 6.39. The van der Waals surface area contributed by atoms with Crippen molar-refractivity contribution in [3.63, 3.8) is 0 Å². The Morgan fingerprint density at radius 1 is 1.55 bits per heavy atom. The Morgan fingerprint density at radius 3 is 3.20 bits per heavy atom. The Balaban J connectivity index is 1.54. The summed E-state index contributed by atoms with van der Waals surface area (Å²) in [5.41, 5.74) is 0.866. The molecule has 0 spiro atoms. The van der Waals surface area contributed by atoms with Crippen LogP contribution in [0.3, 0.4) is 0 Å². The molecule has 4 nitrogen and oxygen atoms in total. The number of rotatable bonds is 8. The number of pyridine rings is 1. The number of nitrogens with zero attached hydrogens (tertiary/aromatic N) is 1. The second kappa shape index (κ2) is 8.29. The van der Waals surface area contributed by atoms with Gasteiger partial charge in [-0.25, -0.2) is 4.39 Å². The lowest BCUT2D eigenvalue weighted by Crippen LogP contribution is -2.22. The minimum atomic E-state index is -0.295. The average Bonchev–Trinajstić information content (AvgIpc) is 2.95. The van der Waals surface area contributed by atoms with Crippen LogP contribution in [-0.4, -0.2) is 37.5 Å². The summed E-state index contributed by atoms with van der Waals surface area (Å²) < 4.78 is 24.1. The summed E-state index contributed by atoms with van der Waals surface area (Å²) >= 11 is 0. The van der Waals surface area contributed by atoms with Crippen LogP contribution in [0.15, 0.2) is 18.5 Å². The third-order valence-corrected chi connectivity index (χ3v) is 3.47. The molecule has 112 valence electrons. The van der Waals surface area contributed by atoms with Gasteiger partial charge >= 0.3 is 0 Å². The highest BCUT2D eigenvalue weighted by Gasteiger charge is 2.14. The highest BCUT2D eigenvalue weighted by molar-refractivity contribution is 5.14. The van der Waals surface area contributed by atoms with E-state index in [2.05, 4.69) is 10.3 Å². The van der Waals surface area contributed by atoms with Crippen LogP contribution in [0.5, 0.6) is 0 Å². The maximum Gasteiger partial charge on any atom is 0.141 e. The van der Waals surface area contributed by atoms with Crippen molar-refractivity contribution in [1.29, 1.82) is 0 Å². The van der Waals surface area contributed by atoms with E-state index in [0.29, 0.717) is 12.7 Å². The predicted molar refractivity (Wildman–Crippen MR) is 75.0 cm³/mol. The topological polar surface area (TPSA) is 43.4 Å². The molecule has 1 aliphatic heterocycles. The van der Waals surface area contributed by atoms with Gasteiger partial charge in [-0.1, -0.05) is 0 Å². The molecule has 0 radical (unpaired) electrons. The van der Waals surface area contributed by atoms with Gasteiger partial charge in [0.1, 0.15) is 5.82 Å². The Hall–Kier alpha value is -1.04. The predicted octanol–water partition coefficient (Wildman–Crippen LogP) is 2.46. The first-order valence-corrected chi connectivity index (χ1v) is 7.29. The minimum Gasteiger partial charge on any atom is -0.379 e. The molecule has 0 aromatic carbocycles. The van der Waals surface area contributed by atoms with Crippen LogP contribution in [0, 0.1) is 5.82 Å². The zero-order chi connectivity index (χ0) is 14.2. The smallest absolute Gasteiger partial charge is 0.141 e. The van der Waals surface area contributed by atoms with Gasteiger partial charge in [0.25, 0.3) is 0 Å². The standard InChI is InChI=1S/C15H23FN2O2/c1-12(13-8-14(16)10-17-9-13)18-5-3-6-19-11-15-4-2-7-20-15/h8-10,12,15,18H,2-7,11H2,1H3. The molecule has 1 aromatic rings. The summed E-state index contributed by atoms with van der Waals surface area (Å²) in [5.74, 6) is -0.295. The van der Waals surface area contributed by atoms with E-state index >= 15 is 0 Å². The van der Waals surface area contributed by atoms with Crippen LogP contribution in [-0.2, 0) is 9.47 Å². The van der Waals surface area contributed by atoms with E-state index in [1.54, 1.807) is 6.20 Å². The fourth-order valence-electron chi connectivity index (χ4n) is 2.27. The second-order valence-electron chi connectivity index (χ2n) is 5.18. The van der Waals surface area contributed by atoms with E-state index < -0.39 is 0 Å². The molecule has 1 fully saturated rings. The zero-order valence-corrected chi connectivity index (χ0v) is 12.0. The van der Waals surface area contributed by atoms with Crippen LogP contribution in [0.25, 0.3) is 0 Å². The quantitative estimate of drug-likeness (QED) is 0.744. The van der Waals surface area contributed by atoms with Crippen molar-refractivity contribution in [1.82, 2.24) is 10.3 Å². The normalized spacial score (nSPS) is 20.2. The van der Waals surface area contributed by atoms with Crippen molar-refractivity contribution in [2.45, 2.75) is 38.3 Å². The van der Waals surface area contributed by atoms with Crippen molar-refractivity contribution in [3.8, 4) is 0 Å². The molecular weight excluding hydrogens is 259 g/mol. The van der Waals surface area contributed by atoms with Crippen LogP contribution < -0.4 is 5.32 Å². The van der Waals surface area contributed by atoms with Crippen molar-refractivity contribution < 1.29 is 13.9 Å². The lowest BCUT2D eigenvalue weighted by Gasteiger charge is -2.14. The molecule has 1 aromatic heterocycles. The second-order valence-corrected chi connectivity index (χ2v) is 5.18. The Morgan fingerprint density at radius 2 is 2.45 bits per heavy atom. The Kier molecular flexibility index (Phi) is 6.36. The molecule has 2 heterocycles. The lowest BCUT2D eigenvalue weighted by atomic mass is 10.1. The molecule has 1 aliphatic rings. The van der Waals surface area contributed by atoms with Gasteiger partial charge in [-0.2, -0.15) is 0 Å². The lowest BCUT2D eigenvalue weighted by molar-refractivity contribution is 0.0165. The SMILES string of the molecule is CC(NCCCOCC1CCCO1)c1cncc(F)c1. The highest BCUT2D eigenvalue weighted by atomic mass is 19.1. The molecule has 5 heteroatoms. The number of nitrogens with one attached hydrogen (secondary N) is 1. The van der Waals surface area contributed by atoms with Gasteiger partial charge in [0.15, 0.2) is 0 Å². The molecule has 20 heavy (non-hydrogen) atoms. The minimum absolute atomic E-state index is 0.0939. The van der Waals surface area contributed by atoms with Crippen LogP contribution in [0.2, 0.25) is 0 Å². The van der Waals surface area contributed by atoms with Gasteiger partial charge in [-0.15, -0.1) is 0 Å². The monoisotopic (exact) mass is 282 g/mol. The summed E-state index contributed by atoms with van der Waals surface area (Å²) in [5, 5.41) is 3.34. The van der Waals surface area contributed by atoms with Gasteiger partial charge in [-0.05, 0) is 44.4 Å². The van der Waals surface area contributed by atoms with E-state index in [1.165, 1.54) is 12.3 Å². The molecule has 0 saturated carbocycles. The third-order valence-electron chi connectivity index (χ3n) is 3.47. The fourth-order valence-corrected chi connectivity index (χ4v) is 2.27. The largest absolute Gasteiger partial charge is 0.379 e. The highest BCUT2D eigenvalue weighted by Crippen LogP contribution is 2.13. The van der Waals surface area contributed by atoms with Gasteiger partial charge in [-0.3, -0.25) is 4.98 Å². The molecule has 1 saturated heterocycles. The molecule has 0 amide bonds. The summed E-state index contributed by atoms with van der Waals surface area (Å²) in [7, 11) is 0. The van der Waals surface area contributed by atoms with E-state index in [1.807, 2.05) is 6.92 Å². The average molecular weight is 282 g/mol. The fraction of sp³-hybridized carbons (Fsp3) is 0.667. The first-order valence-electron chi connectivity index (χ1n) is 7.29. The number of ether oxygens (including phenoxy) is 2. The number of halogens is 1. The number of hydrogen-bond acceptors (Lipinski definition) is 4. The van der Waals surface area contributed by atoms with Gasteiger partial charge < -0.3 is 14.8 Å². The first-order chi connectivity index (χ1) is 9.75. The Bertz CT molecular complexity index is 397. The van der Waals surface area contributed by atoms with Crippen LogP contribution >= 0.6 is 0 Å². The third kappa shape index (κ3) is 5.15. The molecule has 1 N–H and O–H groups in total. The summed E-state index contributed by atoms with van der Waals surface area (Å²) in [6.45, 7) is 5.13. The van der Waals surface area contributed by atoms with E-state index in [0.717, 1.165) is 44.6 Å². The summed E-state index contributed by atoms with van der Waals surface area (Å²) in [4.78, 5) is 3.85. The molecule has 0 bridgehead atoms. The van der Waals surface area contributed by atoms with E-state index in [9.17, 15) is 4.39 Å². The van der Waals surface area contributed by atoms with Gasteiger partial charge in [0, 0.05) is 25.5 Å². The number of aromatic nitrogens is 1.